The van der Waals surface area contributed by atoms with E-state index in [2.05, 4.69) is 49.2 Å². The van der Waals surface area contributed by atoms with Gasteiger partial charge >= 0.3 is 0 Å². The predicted octanol–water partition coefficient (Wildman–Crippen LogP) is 2.84. The average molecular weight is 406 g/mol. The molecule has 0 aliphatic carbocycles. The summed E-state index contributed by atoms with van der Waals surface area (Å²) in [6.45, 7) is 5.55. The maximum Gasteiger partial charge on any atom is 0.251 e. The second-order valence-corrected chi connectivity index (χ2v) is 7.56. The van der Waals surface area contributed by atoms with E-state index in [1.165, 1.54) is 5.56 Å². The van der Waals surface area contributed by atoms with Crippen molar-refractivity contribution in [1.82, 2.24) is 25.0 Å². The number of benzene rings is 2. The molecule has 1 aliphatic heterocycles. The van der Waals surface area contributed by atoms with Crippen LogP contribution in [0, 0.1) is 0 Å². The molecule has 0 fully saturated rings. The van der Waals surface area contributed by atoms with Gasteiger partial charge in [0.15, 0.2) is 5.82 Å². The van der Waals surface area contributed by atoms with Gasteiger partial charge in [-0.1, -0.05) is 36.4 Å². The fraction of sp³-hybridized carbons (Fsp3) is 0.348. The minimum atomic E-state index is -0.245. The summed E-state index contributed by atoms with van der Waals surface area (Å²) in [6, 6.07) is 17.4. The molecule has 1 atom stereocenters. The van der Waals surface area contributed by atoms with E-state index in [4.69, 9.17) is 4.74 Å². The Morgan fingerprint density at radius 1 is 1.10 bits per heavy atom. The summed E-state index contributed by atoms with van der Waals surface area (Å²) in [5, 5.41) is 11.8. The highest BCUT2D eigenvalue weighted by Gasteiger charge is 2.23. The first kappa shape index (κ1) is 20.1. The van der Waals surface area contributed by atoms with Gasteiger partial charge in [0, 0.05) is 38.2 Å². The highest BCUT2D eigenvalue weighted by molar-refractivity contribution is 5.94. The normalized spacial score (nSPS) is 15.1. The molecule has 156 valence electrons. The molecule has 1 amide bonds. The molecule has 2 heterocycles. The third-order valence-corrected chi connectivity index (χ3v) is 5.46. The van der Waals surface area contributed by atoms with Crippen LogP contribution < -0.4 is 10.1 Å². The van der Waals surface area contributed by atoms with E-state index in [1.807, 2.05) is 25.1 Å². The molecule has 3 aromatic rings. The van der Waals surface area contributed by atoms with E-state index in [0.717, 1.165) is 44.2 Å². The van der Waals surface area contributed by atoms with E-state index in [-0.39, 0.29) is 11.9 Å². The monoisotopic (exact) mass is 405 g/mol. The first-order valence-corrected chi connectivity index (χ1v) is 10.3. The van der Waals surface area contributed by atoms with Crippen molar-refractivity contribution >= 4 is 5.91 Å². The van der Waals surface area contributed by atoms with Gasteiger partial charge in [-0.2, -0.15) is 0 Å². The molecule has 0 spiro atoms. The Morgan fingerprint density at radius 3 is 2.73 bits per heavy atom. The van der Waals surface area contributed by atoms with Gasteiger partial charge in [-0.05, 0) is 30.7 Å². The van der Waals surface area contributed by atoms with Crippen LogP contribution in [-0.4, -0.2) is 45.8 Å². The third kappa shape index (κ3) is 4.52. The van der Waals surface area contributed by atoms with Crippen LogP contribution in [0.2, 0.25) is 0 Å². The number of nitrogens with zero attached hydrogens (tertiary/aromatic N) is 4. The van der Waals surface area contributed by atoms with Crippen LogP contribution in [0.3, 0.4) is 0 Å². The molecule has 1 aromatic heterocycles. The van der Waals surface area contributed by atoms with Gasteiger partial charge in [0.25, 0.3) is 5.91 Å². The van der Waals surface area contributed by atoms with Crippen LogP contribution in [-0.2, 0) is 19.5 Å². The Labute approximate surface area is 176 Å². The molecular weight excluding hydrogens is 378 g/mol. The van der Waals surface area contributed by atoms with Crippen molar-refractivity contribution in [1.29, 1.82) is 0 Å². The van der Waals surface area contributed by atoms with Gasteiger partial charge in [-0.3, -0.25) is 9.69 Å². The zero-order valence-corrected chi connectivity index (χ0v) is 17.4. The molecule has 4 rings (SSSR count). The largest absolute Gasteiger partial charge is 0.497 e. The number of methoxy groups -OCH3 is 1. The number of hydrogen-bond donors (Lipinski definition) is 1. The molecule has 7 heteroatoms. The first-order chi connectivity index (χ1) is 14.6. The molecule has 0 saturated heterocycles. The minimum absolute atomic E-state index is 0.155. The van der Waals surface area contributed by atoms with Gasteiger partial charge in [-0.25, -0.2) is 0 Å². The highest BCUT2D eigenvalue weighted by Crippen LogP contribution is 2.18. The van der Waals surface area contributed by atoms with Crippen molar-refractivity contribution < 1.29 is 9.53 Å². The minimum Gasteiger partial charge on any atom is -0.497 e. The lowest BCUT2D eigenvalue weighted by Gasteiger charge is -2.20. The lowest BCUT2D eigenvalue weighted by Crippen LogP contribution is -2.30. The SMILES string of the molecule is COc1cccc(C(=O)NC(C)c2nnc3n2CCN(Cc2ccccc2)CC3)c1. The summed E-state index contributed by atoms with van der Waals surface area (Å²) in [7, 11) is 1.59. The summed E-state index contributed by atoms with van der Waals surface area (Å²) in [5.74, 6) is 2.27. The molecule has 0 saturated carbocycles. The van der Waals surface area contributed by atoms with Crippen LogP contribution >= 0.6 is 0 Å². The Bertz CT molecular complexity index is 1000. The molecule has 7 nitrogen and oxygen atoms in total. The molecule has 30 heavy (non-hydrogen) atoms. The van der Waals surface area contributed by atoms with Crippen molar-refractivity contribution in [2.45, 2.75) is 32.5 Å². The quantitative estimate of drug-likeness (QED) is 0.683. The maximum absolute atomic E-state index is 12.7. The first-order valence-electron chi connectivity index (χ1n) is 10.3. The number of carbonyl (C=O) groups excluding carboxylic acids is 1. The number of ether oxygens (including phenoxy) is 1. The van der Waals surface area contributed by atoms with E-state index >= 15 is 0 Å². The smallest absolute Gasteiger partial charge is 0.251 e. The Hall–Kier alpha value is -3.19. The summed E-state index contributed by atoms with van der Waals surface area (Å²) in [4.78, 5) is 15.1. The van der Waals surface area contributed by atoms with Gasteiger partial charge < -0.3 is 14.6 Å². The standard InChI is InChI=1S/C23H27N5O2/c1-17(24-23(29)19-9-6-10-20(15-19)30-2)22-26-25-21-11-12-27(13-14-28(21)22)16-18-7-4-3-5-8-18/h3-10,15,17H,11-14,16H2,1-2H3,(H,24,29). The number of carbonyl (C=O) groups is 1. The summed E-state index contributed by atoms with van der Waals surface area (Å²) < 4.78 is 7.37. The summed E-state index contributed by atoms with van der Waals surface area (Å²) in [6.07, 6.45) is 0.844. The van der Waals surface area contributed by atoms with Crippen molar-refractivity contribution in [3.05, 3.63) is 77.4 Å². The van der Waals surface area contributed by atoms with Gasteiger partial charge in [0.1, 0.15) is 11.6 Å². The van der Waals surface area contributed by atoms with Gasteiger partial charge in [0.2, 0.25) is 0 Å². The van der Waals surface area contributed by atoms with E-state index in [0.29, 0.717) is 11.3 Å². The molecule has 1 N–H and O–H groups in total. The van der Waals surface area contributed by atoms with Crippen LogP contribution in [0.25, 0.3) is 0 Å². The lowest BCUT2D eigenvalue weighted by molar-refractivity contribution is 0.0937. The van der Waals surface area contributed by atoms with Gasteiger partial charge in [0.05, 0.1) is 13.2 Å². The third-order valence-electron chi connectivity index (χ3n) is 5.46. The van der Waals surface area contributed by atoms with Crippen LogP contribution in [0.1, 0.15) is 40.5 Å². The van der Waals surface area contributed by atoms with E-state index in [9.17, 15) is 4.79 Å². The van der Waals surface area contributed by atoms with Crippen LogP contribution in [0.4, 0.5) is 0 Å². The molecule has 2 aromatic carbocycles. The molecular formula is C23H27N5O2. The van der Waals surface area contributed by atoms with Crippen molar-refractivity contribution in [3.63, 3.8) is 0 Å². The number of fused-ring (bicyclic) bond motifs is 1. The van der Waals surface area contributed by atoms with Gasteiger partial charge in [-0.15, -0.1) is 10.2 Å². The molecule has 0 bridgehead atoms. The van der Waals surface area contributed by atoms with Crippen molar-refractivity contribution in [2.24, 2.45) is 0 Å². The van der Waals surface area contributed by atoms with Crippen molar-refractivity contribution in [3.8, 4) is 5.75 Å². The second-order valence-electron chi connectivity index (χ2n) is 7.56. The van der Waals surface area contributed by atoms with Crippen molar-refractivity contribution in [2.75, 3.05) is 20.2 Å². The topological polar surface area (TPSA) is 72.3 Å². The fourth-order valence-corrected chi connectivity index (χ4v) is 3.82. The zero-order valence-electron chi connectivity index (χ0n) is 17.4. The van der Waals surface area contributed by atoms with E-state index < -0.39 is 0 Å². The number of aromatic nitrogens is 3. The van der Waals surface area contributed by atoms with Crippen LogP contribution in [0.5, 0.6) is 5.75 Å². The molecule has 1 unspecified atom stereocenters. The average Bonchev–Trinajstić information content (AvgIpc) is 3.09. The highest BCUT2D eigenvalue weighted by atomic mass is 16.5. The summed E-state index contributed by atoms with van der Waals surface area (Å²) in [5.41, 5.74) is 1.88. The zero-order chi connectivity index (χ0) is 20.9. The number of nitrogens with one attached hydrogen (secondary N) is 1. The Balaban J connectivity index is 1.42. The number of hydrogen-bond acceptors (Lipinski definition) is 5. The number of rotatable bonds is 6. The molecule has 0 radical (unpaired) electrons. The van der Waals surface area contributed by atoms with Crippen LogP contribution in [0.15, 0.2) is 54.6 Å². The van der Waals surface area contributed by atoms with E-state index in [1.54, 1.807) is 19.2 Å². The Kier molecular flexibility index (Phi) is 6.09. The number of amides is 1. The summed E-state index contributed by atoms with van der Waals surface area (Å²) >= 11 is 0. The second kappa shape index (κ2) is 9.09. The predicted molar refractivity (Wildman–Crippen MR) is 114 cm³/mol. The molecule has 1 aliphatic rings. The maximum atomic E-state index is 12.7. The fourth-order valence-electron chi connectivity index (χ4n) is 3.82. The lowest BCUT2D eigenvalue weighted by atomic mass is 10.2. The Morgan fingerprint density at radius 2 is 1.93 bits per heavy atom.